The zero-order valence-corrected chi connectivity index (χ0v) is 19.6. The molecule has 3 rings (SSSR count). The van der Waals surface area contributed by atoms with Gasteiger partial charge in [-0.3, -0.25) is 0 Å². The molecule has 2 N–H and O–H groups in total. The molecule has 0 aliphatic carbocycles. The van der Waals surface area contributed by atoms with E-state index >= 15 is 0 Å². The van der Waals surface area contributed by atoms with Crippen LogP contribution >= 0.6 is 11.6 Å². The highest BCUT2D eigenvalue weighted by atomic mass is 35.5. The molecule has 32 heavy (non-hydrogen) atoms. The van der Waals surface area contributed by atoms with Gasteiger partial charge in [0, 0.05) is 18.8 Å². The van der Waals surface area contributed by atoms with Crippen LogP contribution in [0.3, 0.4) is 0 Å². The van der Waals surface area contributed by atoms with Crippen LogP contribution in [-0.2, 0) is 22.4 Å². The Labute approximate surface area is 194 Å². The predicted octanol–water partition coefficient (Wildman–Crippen LogP) is 4.53. The number of pyridine rings is 1. The summed E-state index contributed by atoms with van der Waals surface area (Å²) in [5.74, 6) is 0.123. The van der Waals surface area contributed by atoms with Crippen molar-refractivity contribution in [3.8, 4) is 0 Å². The molecule has 0 bridgehead atoms. The number of unbranched alkanes of at least 4 members (excludes halogenated alkanes) is 1. The summed E-state index contributed by atoms with van der Waals surface area (Å²) in [4.78, 5) is 19.1. The highest BCUT2D eigenvalue weighted by Gasteiger charge is 2.21. The Balaban J connectivity index is 1.42. The average Bonchev–Trinajstić information content (AvgIpc) is 2.81. The third kappa shape index (κ3) is 6.81. The number of carbonyl (C=O) groups is 1. The number of hydrogen-bond acceptors (Lipinski definition) is 6. The zero-order valence-electron chi connectivity index (χ0n) is 18.8. The minimum Gasteiger partial charge on any atom is -0.467 e. The van der Waals surface area contributed by atoms with Crippen molar-refractivity contribution < 1.29 is 13.9 Å². The molecule has 2 heterocycles. The Morgan fingerprint density at radius 2 is 2.16 bits per heavy atom. The Morgan fingerprint density at radius 3 is 2.97 bits per heavy atom. The first kappa shape index (κ1) is 24.3. The van der Waals surface area contributed by atoms with Gasteiger partial charge in [0.25, 0.3) is 0 Å². The number of methoxy groups -OCH3 is 1. The molecule has 1 atom stereocenters. The minimum atomic E-state index is -0.603. The van der Waals surface area contributed by atoms with Gasteiger partial charge in [0.1, 0.15) is 17.7 Å². The van der Waals surface area contributed by atoms with E-state index in [0.717, 1.165) is 50.3 Å². The van der Waals surface area contributed by atoms with Crippen molar-refractivity contribution in [3.05, 3.63) is 52.4 Å². The lowest BCUT2D eigenvalue weighted by Crippen LogP contribution is -2.35. The number of ether oxygens (including phenoxy) is 1. The lowest BCUT2D eigenvalue weighted by atomic mass is 10.1. The number of aromatic nitrogens is 1. The first-order valence-corrected chi connectivity index (χ1v) is 11.6. The van der Waals surface area contributed by atoms with Gasteiger partial charge in [0.15, 0.2) is 0 Å². The van der Waals surface area contributed by atoms with E-state index in [2.05, 4.69) is 27.7 Å². The van der Waals surface area contributed by atoms with Crippen LogP contribution in [0.2, 0.25) is 5.02 Å². The molecular weight excluding hydrogens is 431 g/mol. The average molecular weight is 463 g/mol. The normalized spacial score (nSPS) is 13.9. The summed E-state index contributed by atoms with van der Waals surface area (Å²) >= 11 is 6.01. The first-order chi connectivity index (χ1) is 15.5. The molecule has 0 fully saturated rings. The molecule has 1 aliphatic rings. The molecular formula is C24H32ClFN4O2. The van der Waals surface area contributed by atoms with Crippen molar-refractivity contribution in [2.45, 2.75) is 44.6 Å². The van der Waals surface area contributed by atoms with Gasteiger partial charge >= 0.3 is 5.97 Å². The summed E-state index contributed by atoms with van der Waals surface area (Å²) < 4.78 is 18.6. The fraction of sp³-hybridized carbons (Fsp3) is 0.500. The third-order valence-corrected chi connectivity index (χ3v) is 6.13. The summed E-state index contributed by atoms with van der Waals surface area (Å²) in [6, 6.07) is 8.21. The van der Waals surface area contributed by atoms with Crippen molar-refractivity contribution in [2.24, 2.45) is 0 Å². The van der Waals surface area contributed by atoms with Crippen molar-refractivity contribution >= 4 is 29.1 Å². The number of benzene rings is 1. The maximum absolute atomic E-state index is 13.7. The number of aryl methyl sites for hydroxylation is 2. The van der Waals surface area contributed by atoms with Gasteiger partial charge < -0.3 is 20.3 Å². The highest BCUT2D eigenvalue weighted by molar-refractivity contribution is 6.33. The number of hydrogen-bond donors (Lipinski definition) is 2. The summed E-state index contributed by atoms with van der Waals surface area (Å²) in [7, 11) is 3.38. The molecule has 0 spiro atoms. The monoisotopic (exact) mass is 462 g/mol. The summed E-state index contributed by atoms with van der Waals surface area (Å²) in [6.45, 7) is 2.61. The Bertz CT molecular complexity index is 912. The summed E-state index contributed by atoms with van der Waals surface area (Å²) in [5.41, 5.74) is 2.83. The zero-order chi connectivity index (χ0) is 22.9. The number of fused-ring (bicyclic) bond motifs is 1. The van der Waals surface area contributed by atoms with Gasteiger partial charge in [0.2, 0.25) is 0 Å². The molecule has 1 aromatic heterocycles. The van der Waals surface area contributed by atoms with E-state index < -0.39 is 17.8 Å². The molecule has 1 unspecified atom stereocenters. The number of esters is 1. The standard InChI is InChI=1S/C24H32ClFN4O2/c1-30(15-4-3-8-18-12-11-17-7-6-14-27-23(17)28-18)16-13-21(24(31)32-2)29-20-10-5-9-19(26)22(20)25/h5,9-12,21,29H,3-4,6-8,13-16H2,1-2H3,(H,27,28). The summed E-state index contributed by atoms with van der Waals surface area (Å²) in [6.07, 6.45) is 5.83. The molecule has 0 radical (unpaired) electrons. The SMILES string of the molecule is COC(=O)C(CCN(C)CCCCc1ccc2c(n1)NCCC2)Nc1cccc(F)c1Cl. The molecule has 2 aromatic rings. The third-order valence-electron chi connectivity index (χ3n) is 5.74. The van der Waals surface area contributed by atoms with E-state index in [1.807, 2.05) is 7.05 Å². The van der Waals surface area contributed by atoms with Crippen LogP contribution in [-0.4, -0.2) is 55.7 Å². The largest absolute Gasteiger partial charge is 0.467 e. The van der Waals surface area contributed by atoms with Crippen molar-refractivity contribution in [3.63, 3.8) is 0 Å². The Morgan fingerprint density at radius 1 is 1.31 bits per heavy atom. The predicted molar refractivity (Wildman–Crippen MR) is 127 cm³/mol. The summed E-state index contributed by atoms with van der Waals surface area (Å²) in [5, 5.41) is 6.38. The molecule has 174 valence electrons. The lowest BCUT2D eigenvalue weighted by Gasteiger charge is -2.22. The van der Waals surface area contributed by atoms with E-state index in [0.29, 0.717) is 18.7 Å². The van der Waals surface area contributed by atoms with Crippen molar-refractivity contribution in [1.82, 2.24) is 9.88 Å². The Kier molecular flexibility index (Phi) is 9.11. The number of anilines is 2. The topological polar surface area (TPSA) is 66.5 Å². The molecule has 0 saturated carbocycles. The van der Waals surface area contributed by atoms with E-state index in [-0.39, 0.29) is 5.02 Å². The molecule has 8 heteroatoms. The van der Waals surface area contributed by atoms with Gasteiger partial charge in [-0.05, 0) is 75.9 Å². The van der Waals surface area contributed by atoms with Gasteiger partial charge in [-0.2, -0.15) is 0 Å². The number of nitrogens with zero attached hydrogens (tertiary/aromatic N) is 2. The minimum absolute atomic E-state index is 0.0271. The van der Waals surface area contributed by atoms with Crippen LogP contribution < -0.4 is 10.6 Å². The van der Waals surface area contributed by atoms with E-state index in [1.54, 1.807) is 12.1 Å². The van der Waals surface area contributed by atoms with Crippen LogP contribution in [0.5, 0.6) is 0 Å². The fourth-order valence-corrected chi connectivity index (χ4v) is 4.03. The second-order valence-electron chi connectivity index (χ2n) is 8.21. The van der Waals surface area contributed by atoms with Crippen LogP contribution in [0.1, 0.15) is 36.9 Å². The highest BCUT2D eigenvalue weighted by Crippen LogP contribution is 2.26. The molecule has 1 aliphatic heterocycles. The van der Waals surface area contributed by atoms with Gasteiger partial charge in [-0.15, -0.1) is 0 Å². The maximum atomic E-state index is 13.7. The smallest absolute Gasteiger partial charge is 0.328 e. The first-order valence-electron chi connectivity index (χ1n) is 11.2. The van der Waals surface area contributed by atoms with E-state index in [9.17, 15) is 9.18 Å². The van der Waals surface area contributed by atoms with Crippen LogP contribution in [0.15, 0.2) is 30.3 Å². The second kappa shape index (κ2) is 12.0. The molecule has 1 aromatic carbocycles. The number of halogens is 2. The Hall–Kier alpha value is -2.38. The number of carbonyl (C=O) groups excluding carboxylic acids is 1. The molecule has 0 amide bonds. The lowest BCUT2D eigenvalue weighted by molar-refractivity contribution is -0.141. The molecule has 0 saturated heterocycles. The van der Waals surface area contributed by atoms with Crippen molar-refractivity contribution in [2.75, 3.05) is 44.4 Å². The maximum Gasteiger partial charge on any atom is 0.328 e. The number of nitrogens with one attached hydrogen (secondary N) is 2. The molecule has 6 nitrogen and oxygen atoms in total. The number of rotatable bonds is 11. The fourth-order valence-electron chi connectivity index (χ4n) is 3.85. The van der Waals surface area contributed by atoms with Gasteiger partial charge in [-0.1, -0.05) is 23.7 Å². The van der Waals surface area contributed by atoms with Gasteiger partial charge in [0.05, 0.1) is 17.8 Å². The van der Waals surface area contributed by atoms with Crippen molar-refractivity contribution in [1.29, 1.82) is 0 Å². The van der Waals surface area contributed by atoms with Gasteiger partial charge in [-0.25, -0.2) is 14.2 Å². The van der Waals surface area contributed by atoms with Crippen LogP contribution in [0, 0.1) is 5.82 Å². The van der Waals surface area contributed by atoms with E-state index in [4.69, 9.17) is 21.3 Å². The van der Waals surface area contributed by atoms with E-state index in [1.165, 1.54) is 25.2 Å². The second-order valence-corrected chi connectivity index (χ2v) is 8.59. The quantitative estimate of drug-likeness (QED) is 0.378. The van der Waals surface area contributed by atoms with Crippen LogP contribution in [0.25, 0.3) is 0 Å². The van der Waals surface area contributed by atoms with Crippen LogP contribution in [0.4, 0.5) is 15.9 Å².